The second-order valence-corrected chi connectivity index (χ2v) is 9.17. The molecule has 0 fully saturated rings. The van der Waals surface area contributed by atoms with Crippen LogP contribution in [0.1, 0.15) is 22.6 Å². The highest BCUT2D eigenvalue weighted by Crippen LogP contribution is 2.34. The minimum absolute atomic E-state index is 0.825. The van der Waals surface area contributed by atoms with Crippen LogP contribution in [0.15, 0.2) is 94.3 Å². The van der Waals surface area contributed by atoms with Gasteiger partial charge in [-0.1, -0.05) is 47.5 Å². The second kappa shape index (κ2) is 9.74. The van der Waals surface area contributed by atoms with Crippen molar-refractivity contribution in [1.29, 1.82) is 0 Å². The van der Waals surface area contributed by atoms with Gasteiger partial charge in [0.05, 0.1) is 29.2 Å². The van der Waals surface area contributed by atoms with Crippen LogP contribution >= 0.6 is 0 Å². The Morgan fingerprint density at radius 1 is 0.667 bits per heavy atom. The van der Waals surface area contributed by atoms with Crippen molar-refractivity contribution in [2.75, 3.05) is 12.4 Å². The lowest BCUT2D eigenvalue weighted by molar-refractivity contribution is 0.415. The van der Waals surface area contributed by atoms with E-state index in [1.807, 2.05) is 26.0 Å². The molecule has 0 unspecified atom stereocenters. The molecular weight excluding hydrogens is 444 g/mol. The molecule has 0 aliphatic rings. The van der Waals surface area contributed by atoms with Crippen molar-refractivity contribution in [1.82, 2.24) is 0 Å². The van der Waals surface area contributed by atoms with Crippen molar-refractivity contribution >= 4 is 27.8 Å². The highest BCUT2D eigenvalue weighted by Gasteiger charge is 2.15. The summed E-state index contributed by atoms with van der Waals surface area (Å²) in [7, 11) is 1.68. The molecular formula is C32H30N2O2. The Morgan fingerprint density at radius 3 is 1.92 bits per heavy atom. The van der Waals surface area contributed by atoms with E-state index in [9.17, 15) is 0 Å². The Labute approximate surface area is 211 Å². The predicted molar refractivity (Wildman–Crippen MR) is 149 cm³/mol. The van der Waals surface area contributed by atoms with Gasteiger partial charge in [0.2, 0.25) is 0 Å². The SMILES string of the molecule is COc1ccc(-c2cc(Nc3ccc(C)cc3)c3c(C)oc(C)c3c(=Nc3ccc(C)cc3)c2)cc1. The monoisotopic (exact) mass is 474 g/mol. The molecule has 4 nitrogen and oxygen atoms in total. The first-order valence-electron chi connectivity index (χ1n) is 12.1. The van der Waals surface area contributed by atoms with Crippen molar-refractivity contribution < 1.29 is 9.15 Å². The number of aryl methyl sites for hydroxylation is 4. The van der Waals surface area contributed by atoms with Crippen LogP contribution in [-0.2, 0) is 0 Å². The molecule has 5 aromatic rings. The van der Waals surface area contributed by atoms with Crippen LogP contribution in [0.3, 0.4) is 0 Å². The molecule has 180 valence electrons. The molecule has 0 saturated carbocycles. The van der Waals surface area contributed by atoms with Crippen LogP contribution < -0.4 is 15.4 Å². The first-order chi connectivity index (χ1) is 17.4. The lowest BCUT2D eigenvalue weighted by atomic mass is 10.1. The van der Waals surface area contributed by atoms with Gasteiger partial charge in [-0.3, -0.25) is 0 Å². The molecule has 1 N–H and O–H groups in total. The van der Waals surface area contributed by atoms with Crippen LogP contribution in [0.5, 0.6) is 5.75 Å². The van der Waals surface area contributed by atoms with Crippen LogP contribution in [0.25, 0.3) is 21.9 Å². The molecule has 0 atom stereocenters. The summed E-state index contributed by atoms with van der Waals surface area (Å²) in [6.45, 7) is 8.19. The number of anilines is 2. The average molecular weight is 475 g/mol. The molecule has 0 spiro atoms. The lowest BCUT2D eigenvalue weighted by Crippen LogP contribution is -2.00. The maximum Gasteiger partial charge on any atom is 0.118 e. The fourth-order valence-corrected chi connectivity index (χ4v) is 4.49. The third-order valence-corrected chi connectivity index (χ3v) is 6.42. The van der Waals surface area contributed by atoms with Gasteiger partial charge in [0, 0.05) is 11.1 Å². The second-order valence-electron chi connectivity index (χ2n) is 9.17. The number of fused-ring (bicyclic) bond motifs is 1. The summed E-state index contributed by atoms with van der Waals surface area (Å²) in [5, 5.41) is 6.55. The van der Waals surface area contributed by atoms with Gasteiger partial charge in [-0.2, -0.15) is 0 Å². The minimum Gasteiger partial charge on any atom is -0.497 e. The molecule has 1 heterocycles. The number of hydrogen-bond acceptors (Lipinski definition) is 4. The van der Waals surface area contributed by atoms with E-state index >= 15 is 0 Å². The normalized spacial score (nSPS) is 11.6. The number of ether oxygens (including phenoxy) is 1. The number of nitrogens with zero attached hydrogens (tertiary/aromatic N) is 1. The van der Waals surface area contributed by atoms with Crippen molar-refractivity contribution in [3.8, 4) is 16.9 Å². The van der Waals surface area contributed by atoms with E-state index < -0.39 is 0 Å². The van der Waals surface area contributed by atoms with E-state index in [4.69, 9.17) is 14.1 Å². The summed E-state index contributed by atoms with van der Waals surface area (Å²) < 4.78 is 11.5. The van der Waals surface area contributed by atoms with Crippen molar-refractivity contribution in [2.45, 2.75) is 27.7 Å². The minimum atomic E-state index is 0.825. The summed E-state index contributed by atoms with van der Waals surface area (Å²) >= 11 is 0. The number of benzene rings is 3. The number of furan rings is 1. The van der Waals surface area contributed by atoms with Crippen molar-refractivity contribution in [3.05, 3.63) is 113 Å². The molecule has 36 heavy (non-hydrogen) atoms. The first kappa shape index (κ1) is 23.4. The topological polar surface area (TPSA) is 46.8 Å². The molecule has 1 aromatic heterocycles. The maximum absolute atomic E-state index is 6.16. The summed E-state index contributed by atoms with van der Waals surface area (Å²) in [5.41, 5.74) is 7.44. The quantitative estimate of drug-likeness (QED) is 0.279. The molecule has 4 aromatic carbocycles. The van der Waals surface area contributed by atoms with Gasteiger partial charge in [-0.15, -0.1) is 0 Å². The predicted octanol–water partition coefficient (Wildman–Crippen LogP) is 8.32. The van der Waals surface area contributed by atoms with Gasteiger partial charge >= 0.3 is 0 Å². The smallest absolute Gasteiger partial charge is 0.118 e. The zero-order valence-corrected chi connectivity index (χ0v) is 21.3. The lowest BCUT2D eigenvalue weighted by Gasteiger charge is -2.08. The maximum atomic E-state index is 6.16. The third-order valence-electron chi connectivity index (χ3n) is 6.42. The highest BCUT2D eigenvalue weighted by atomic mass is 16.5. The third kappa shape index (κ3) is 4.76. The Bertz CT molecular complexity index is 1600. The Kier molecular flexibility index (Phi) is 6.34. The molecule has 0 aliphatic heterocycles. The van der Waals surface area contributed by atoms with Gasteiger partial charge in [0.15, 0.2) is 0 Å². The number of methoxy groups -OCH3 is 1. The van der Waals surface area contributed by atoms with E-state index in [2.05, 4.69) is 92.0 Å². The zero-order valence-electron chi connectivity index (χ0n) is 21.3. The summed E-state index contributed by atoms with van der Waals surface area (Å²) in [6.07, 6.45) is 0. The number of rotatable bonds is 5. The highest BCUT2D eigenvalue weighted by molar-refractivity contribution is 5.99. The molecule has 4 heteroatoms. The molecule has 0 saturated heterocycles. The van der Waals surface area contributed by atoms with Gasteiger partial charge < -0.3 is 14.5 Å². The molecule has 0 radical (unpaired) electrons. The standard InChI is InChI=1S/C32H30N2O2/c1-20-6-12-26(13-7-20)33-29-18-25(24-10-16-28(35-5)17-11-24)19-30(32-23(4)36-22(3)31(29)32)34-27-14-8-21(2)9-15-27/h6-19,33H,1-5H3. The van der Waals surface area contributed by atoms with Crippen molar-refractivity contribution in [2.24, 2.45) is 4.99 Å². The Hall–Kier alpha value is -4.31. The summed E-state index contributed by atoms with van der Waals surface area (Å²) in [4.78, 5) is 5.09. The van der Waals surface area contributed by atoms with Crippen LogP contribution in [0, 0.1) is 27.7 Å². The van der Waals surface area contributed by atoms with E-state index in [0.29, 0.717) is 0 Å². The largest absolute Gasteiger partial charge is 0.497 e. The van der Waals surface area contributed by atoms with Gasteiger partial charge in [-0.05, 0) is 87.4 Å². The van der Waals surface area contributed by atoms with Crippen LogP contribution in [0.4, 0.5) is 17.1 Å². The van der Waals surface area contributed by atoms with E-state index in [1.165, 1.54) is 11.1 Å². The van der Waals surface area contributed by atoms with E-state index in [0.717, 1.165) is 61.6 Å². The van der Waals surface area contributed by atoms with Crippen LogP contribution in [-0.4, -0.2) is 7.11 Å². The van der Waals surface area contributed by atoms with Gasteiger partial charge in [0.1, 0.15) is 17.3 Å². The molecule has 0 bridgehead atoms. The first-order valence-corrected chi connectivity index (χ1v) is 12.1. The summed E-state index contributed by atoms with van der Waals surface area (Å²) in [5.74, 6) is 2.53. The average Bonchev–Trinajstić information content (AvgIpc) is 3.08. The molecule has 5 rings (SSSR count). The molecule has 0 amide bonds. The molecule has 0 aliphatic carbocycles. The number of nitrogens with one attached hydrogen (secondary N) is 1. The van der Waals surface area contributed by atoms with Crippen molar-refractivity contribution in [3.63, 3.8) is 0 Å². The van der Waals surface area contributed by atoms with Crippen LogP contribution in [0.2, 0.25) is 0 Å². The fourth-order valence-electron chi connectivity index (χ4n) is 4.49. The van der Waals surface area contributed by atoms with Gasteiger partial charge in [0.25, 0.3) is 0 Å². The Balaban J connectivity index is 1.82. The fraction of sp³-hybridized carbons (Fsp3) is 0.156. The van der Waals surface area contributed by atoms with E-state index in [-0.39, 0.29) is 0 Å². The van der Waals surface area contributed by atoms with Gasteiger partial charge in [-0.25, -0.2) is 4.99 Å². The summed E-state index contributed by atoms with van der Waals surface area (Å²) in [6, 6.07) is 29.1. The zero-order chi connectivity index (χ0) is 25.2. The Morgan fingerprint density at radius 2 is 1.28 bits per heavy atom. The number of hydrogen-bond donors (Lipinski definition) is 1. The van der Waals surface area contributed by atoms with E-state index in [1.54, 1.807) is 7.11 Å².